The first kappa shape index (κ1) is 20.1. The van der Waals surface area contributed by atoms with Crippen LogP contribution in [0.2, 0.25) is 0 Å². The number of benzene rings is 2. The summed E-state index contributed by atoms with van der Waals surface area (Å²) >= 11 is 4.46. The zero-order chi connectivity index (χ0) is 19.9. The molecule has 0 spiro atoms. The SMILES string of the molecule is O=C(O)CC1SC(=NN=Cc2ccc(OCc3ccc(Br)cc3)cc2)NC1=O. The Kier molecular flexibility index (Phi) is 6.83. The maximum absolute atomic E-state index is 11.6. The lowest BCUT2D eigenvalue weighted by Crippen LogP contribution is -2.26. The molecule has 0 aromatic heterocycles. The summed E-state index contributed by atoms with van der Waals surface area (Å²) in [6.45, 7) is 0.475. The Morgan fingerprint density at radius 2 is 1.93 bits per heavy atom. The Balaban J connectivity index is 1.52. The molecule has 28 heavy (non-hydrogen) atoms. The predicted octanol–water partition coefficient (Wildman–Crippen LogP) is 3.42. The van der Waals surface area contributed by atoms with E-state index >= 15 is 0 Å². The van der Waals surface area contributed by atoms with Gasteiger partial charge in [0.25, 0.3) is 0 Å². The average molecular weight is 462 g/mol. The number of carboxylic acid groups (broad SMARTS) is 1. The number of nitrogens with one attached hydrogen (secondary N) is 1. The van der Waals surface area contributed by atoms with Gasteiger partial charge in [-0.3, -0.25) is 9.59 Å². The normalized spacial score (nSPS) is 17.8. The number of nitrogens with zero attached hydrogens (tertiary/aromatic N) is 2. The van der Waals surface area contributed by atoms with Gasteiger partial charge in [0.15, 0.2) is 5.17 Å². The topological polar surface area (TPSA) is 100 Å². The minimum atomic E-state index is -1.03. The van der Waals surface area contributed by atoms with Crippen LogP contribution in [-0.4, -0.2) is 33.6 Å². The number of amides is 1. The molecule has 3 rings (SSSR count). The van der Waals surface area contributed by atoms with Crippen molar-refractivity contribution in [3.63, 3.8) is 0 Å². The van der Waals surface area contributed by atoms with Crippen molar-refractivity contribution in [2.45, 2.75) is 18.3 Å². The van der Waals surface area contributed by atoms with Crippen LogP contribution >= 0.6 is 27.7 Å². The number of halogens is 1. The van der Waals surface area contributed by atoms with Crippen molar-refractivity contribution in [1.29, 1.82) is 0 Å². The monoisotopic (exact) mass is 461 g/mol. The second-order valence-electron chi connectivity index (χ2n) is 5.83. The van der Waals surface area contributed by atoms with Crippen LogP contribution < -0.4 is 10.1 Å². The molecule has 1 aliphatic rings. The number of aliphatic carboxylic acids is 1. The molecule has 0 radical (unpaired) electrons. The molecule has 1 atom stereocenters. The standard InChI is InChI=1S/C19H16BrN3O4S/c20-14-5-1-13(2-6-14)11-27-15-7-3-12(4-8-15)10-21-23-19-22-18(26)16(28-19)9-17(24)25/h1-8,10,16H,9,11H2,(H,24,25)(H,22,23,26). The number of rotatable bonds is 7. The van der Waals surface area contributed by atoms with Gasteiger partial charge in [-0.15, -0.1) is 5.10 Å². The van der Waals surface area contributed by atoms with Gasteiger partial charge in [0.05, 0.1) is 12.6 Å². The number of carbonyl (C=O) groups is 2. The van der Waals surface area contributed by atoms with Gasteiger partial charge in [-0.25, -0.2) is 0 Å². The minimum absolute atomic E-state index is 0.249. The average Bonchev–Trinajstić information content (AvgIpc) is 3.01. The summed E-state index contributed by atoms with van der Waals surface area (Å²) < 4.78 is 6.77. The van der Waals surface area contributed by atoms with Crippen molar-refractivity contribution >= 4 is 51.0 Å². The van der Waals surface area contributed by atoms with Gasteiger partial charge in [0, 0.05) is 4.47 Å². The van der Waals surface area contributed by atoms with Crippen molar-refractivity contribution in [1.82, 2.24) is 5.32 Å². The molecule has 0 bridgehead atoms. The van der Waals surface area contributed by atoms with E-state index in [2.05, 4.69) is 31.4 Å². The van der Waals surface area contributed by atoms with Gasteiger partial charge < -0.3 is 15.2 Å². The fraction of sp³-hybridized carbons (Fsp3) is 0.158. The number of hydrogen-bond acceptors (Lipinski definition) is 6. The molecule has 1 amide bonds. The van der Waals surface area contributed by atoms with E-state index < -0.39 is 11.2 Å². The maximum Gasteiger partial charge on any atom is 0.305 e. The molecule has 1 saturated heterocycles. The van der Waals surface area contributed by atoms with Crippen LogP contribution in [0, 0.1) is 0 Å². The molecule has 9 heteroatoms. The Bertz CT molecular complexity index is 914. The minimum Gasteiger partial charge on any atom is -0.489 e. The summed E-state index contributed by atoms with van der Waals surface area (Å²) in [6.07, 6.45) is 1.30. The van der Waals surface area contributed by atoms with Crippen LogP contribution in [0.5, 0.6) is 5.75 Å². The van der Waals surface area contributed by atoms with Crippen LogP contribution in [0.25, 0.3) is 0 Å². The molecule has 7 nitrogen and oxygen atoms in total. The molecule has 1 unspecified atom stereocenters. The van der Waals surface area contributed by atoms with Gasteiger partial charge in [-0.1, -0.05) is 39.8 Å². The third kappa shape index (κ3) is 5.93. The van der Waals surface area contributed by atoms with Crippen LogP contribution in [0.4, 0.5) is 0 Å². The van der Waals surface area contributed by atoms with Crippen molar-refractivity contribution in [2.75, 3.05) is 0 Å². The van der Waals surface area contributed by atoms with Crippen LogP contribution in [-0.2, 0) is 16.2 Å². The van der Waals surface area contributed by atoms with Crippen molar-refractivity contribution in [3.8, 4) is 5.75 Å². The molecule has 1 aliphatic heterocycles. The smallest absolute Gasteiger partial charge is 0.305 e. The molecule has 2 aromatic carbocycles. The van der Waals surface area contributed by atoms with Crippen molar-refractivity contribution < 1.29 is 19.4 Å². The quantitative estimate of drug-likeness (QED) is 0.485. The van der Waals surface area contributed by atoms with Crippen LogP contribution in [0.1, 0.15) is 17.5 Å². The summed E-state index contributed by atoms with van der Waals surface area (Å²) in [7, 11) is 0. The van der Waals surface area contributed by atoms with Crippen LogP contribution in [0.15, 0.2) is 63.2 Å². The highest BCUT2D eigenvalue weighted by molar-refractivity contribution is 9.10. The number of thioether (sulfide) groups is 1. The van der Waals surface area contributed by atoms with Gasteiger partial charge in [0.1, 0.15) is 17.6 Å². The number of carbonyl (C=O) groups excluding carboxylic acids is 1. The fourth-order valence-corrected chi connectivity index (χ4v) is 3.47. The Hall–Kier alpha value is -2.65. The van der Waals surface area contributed by atoms with E-state index in [9.17, 15) is 9.59 Å². The van der Waals surface area contributed by atoms with Gasteiger partial charge in [-0.05, 0) is 47.5 Å². The maximum atomic E-state index is 11.6. The fourth-order valence-electron chi connectivity index (χ4n) is 2.29. The molecule has 2 N–H and O–H groups in total. The molecule has 1 fully saturated rings. The molecular weight excluding hydrogens is 446 g/mol. The van der Waals surface area contributed by atoms with E-state index in [1.54, 1.807) is 6.21 Å². The summed E-state index contributed by atoms with van der Waals surface area (Å²) in [6, 6.07) is 15.3. The molecule has 1 heterocycles. The third-order valence-electron chi connectivity index (χ3n) is 3.69. The lowest BCUT2D eigenvalue weighted by molar-refractivity contribution is -0.138. The van der Waals surface area contributed by atoms with E-state index in [0.29, 0.717) is 11.8 Å². The number of ether oxygens (including phenoxy) is 1. The van der Waals surface area contributed by atoms with Gasteiger partial charge in [-0.2, -0.15) is 5.10 Å². The Labute approximate surface area is 174 Å². The first-order valence-corrected chi connectivity index (χ1v) is 9.94. The Morgan fingerprint density at radius 3 is 2.61 bits per heavy atom. The number of amidine groups is 1. The largest absolute Gasteiger partial charge is 0.489 e. The second-order valence-corrected chi connectivity index (χ2v) is 7.93. The second kappa shape index (κ2) is 9.52. The van der Waals surface area contributed by atoms with E-state index in [1.807, 2.05) is 48.5 Å². The lowest BCUT2D eigenvalue weighted by Gasteiger charge is -2.06. The van der Waals surface area contributed by atoms with Gasteiger partial charge >= 0.3 is 5.97 Å². The van der Waals surface area contributed by atoms with E-state index in [4.69, 9.17) is 9.84 Å². The van der Waals surface area contributed by atoms with E-state index in [1.165, 1.54) is 0 Å². The summed E-state index contributed by atoms with van der Waals surface area (Å²) in [5.74, 6) is -0.657. The number of hydrogen-bond donors (Lipinski definition) is 2. The highest BCUT2D eigenvalue weighted by Crippen LogP contribution is 2.22. The third-order valence-corrected chi connectivity index (χ3v) is 5.29. The molecule has 0 aliphatic carbocycles. The molecule has 0 saturated carbocycles. The number of carboxylic acids is 1. The highest BCUT2D eigenvalue weighted by atomic mass is 79.9. The highest BCUT2D eigenvalue weighted by Gasteiger charge is 2.32. The zero-order valence-corrected chi connectivity index (χ0v) is 16.9. The Morgan fingerprint density at radius 1 is 1.21 bits per heavy atom. The molecular formula is C19H16BrN3O4S. The lowest BCUT2D eigenvalue weighted by atomic mass is 10.2. The first-order valence-electron chi connectivity index (χ1n) is 8.27. The summed E-state index contributed by atoms with van der Waals surface area (Å²) in [5.41, 5.74) is 1.89. The van der Waals surface area contributed by atoms with E-state index in [-0.39, 0.29) is 12.3 Å². The van der Waals surface area contributed by atoms with Crippen LogP contribution in [0.3, 0.4) is 0 Å². The molecule has 2 aromatic rings. The predicted molar refractivity (Wildman–Crippen MR) is 112 cm³/mol. The summed E-state index contributed by atoms with van der Waals surface area (Å²) in [5, 5.41) is 18.8. The van der Waals surface area contributed by atoms with Crippen molar-refractivity contribution in [2.24, 2.45) is 10.2 Å². The first-order chi connectivity index (χ1) is 13.5. The van der Waals surface area contributed by atoms with E-state index in [0.717, 1.165) is 33.1 Å². The van der Waals surface area contributed by atoms with Crippen molar-refractivity contribution in [3.05, 3.63) is 64.1 Å². The van der Waals surface area contributed by atoms with Gasteiger partial charge in [0.2, 0.25) is 5.91 Å². The zero-order valence-electron chi connectivity index (χ0n) is 14.5. The summed E-state index contributed by atoms with van der Waals surface area (Å²) in [4.78, 5) is 22.3. The molecule has 144 valence electrons.